The lowest BCUT2D eigenvalue weighted by Gasteiger charge is -2.27. The average Bonchev–Trinajstić information content (AvgIpc) is 3.26. The molecular formula is C22H20BrN5O4. The fraction of sp³-hybridized carbons (Fsp3) is 0.318. The van der Waals surface area contributed by atoms with Crippen molar-refractivity contribution in [1.29, 1.82) is 0 Å². The van der Waals surface area contributed by atoms with Crippen LogP contribution in [0.25, 0.3) is 11.0 Å². The summed E-state index contributed by atoms with van der Waals surface area (Å²) in [6, 6.07) is 8.35. The first kappa shape index (κ1) is 20.6. The maximum atomic E-state index is 13.2. The number of esters is 1. The number of nitrogens with zero attached hydrogens (tertiary/aromatic N) is 4. The second kappa shape index (κ2) is 8.01. The zero-order valence-corrected chi connectivity index (χ0v) is 18.8. The van der Waals surface area contributed by atoms with Crippen molar-refractivity contribution < 1.29 is 19.1 Å². The fourth-order valence-electron chi connectivity index (χ4n) is 4.40. The summed E-state index contributed by atoms with van der Waals surface area (Å²) in [4.78, 5) is 48.2. The van der Waals surface area contributed by atoms with Gasteiger partial charge in [-0.05, 0) is 59.0 Å². The monoisotopic (exact) mass is 497 g/mol. The number of amides is 2. The predicted molar refractivity (Wildman–Crippen MR) is 119 cm³/mol. The summed E-state index contributed by atoms with van der Waals surface area (Å²) in [7, 11) is 1.32. The summed E-state index contributed by atoms with van der Waals surface area (Å²) >= 11 is 3.30. The first-order chi connectivity index (χ1) is 15.4. The molecule has 0 unspecified atom stereocenters. The van der Waals surface area contributed by atoms with Crippen LogP contribution in [0.3, 0.4) is 0 Å². The minimum atomic E-state index is -0.521. The summed E-state index contributed by atoms with van der Waals surface area (Å²) in [5, 5.41) is 3.56. The van der Waals surface area contributed by atoms with Crippen molar-refractivity contribution in [3.05, 3.63) is 52.9 Å². The van der Waals surface area contributed by atoms with E-state index in [4.69, 9.17) is 4.74 Å². The van der Waals surface area contributed by atoms with E-state index < -0.39 is 12.0 Å². The molecule has 1 aliphatic heterocycles. The summed E-state index contributed by atoms with van der Waals surface area (Å²) in [5.74, 6) is -0.0106. The maximum Gasteiger partial charge on any atom is 0.339 e. The molecule has 32 heavy (non-hydrogen) atoms. The molecule has 4 heterocycles. The van der Waals surface area contributed by atoms with Crippen LogP contribution in [0.5, 0.6) is 0 Å². The Morgan fingerprint density at radius 1 is 1.25 bits per heavy atom. The van der Waals surface area contributed by atoms with Crippen molar-refractivity contribution in [2.24, 2.45) is 5.92 Å². The Morgan fingerprint density at radius 3 is 2.88 bits per heavy atom. The Kier molecular flexibility index (Phi) is 5.16. The van der Waals surface area contributed by atoms with Crippen LogP contribution in [-0.2, 0) is 20.9 Å². The molecule has 1 aliphatic carbocycles. The average molecular weight is 498 g/mol. The normalized spacial score (nSPS) is 21.3. The van der Waals surface area contributed by atoms with Crippen LogP contribution in [0.15, 0.2) is 47.3 Å². The van der Waals surface area contributed by atoms with E-state index in [-0.39, 0.29) is 24.4 Å². The van der Waals surface area contributed by atoms with Crippen LogP contribution in [-0.4, -0.2) is 56.4 Å². The zero-order valence-electron chi connectivity index (χ0n) is 17.2. The van der Waals surface area contributed by atoms with Crippen molar-refractivity contribution in [2.45, 2.75) is 31.5 Å². The highest BCUT2D eigenvalue weighted by Gasteiger charge is 2.56. The third-order valence-electron chi connectivity index (χ3n) is 5.99. The van der Waals surface area contributed by atoms with Gasteiger partial charge in [0.15, 0.2) is 0 Å². The van der Waals surface area contributed by atoms with Gasteiger partial charge in [-0.1, -0.05) is 6.07 Å². The number of hydrogen-bond donors (Lipinski definition) is 1. The second-order valence-electron chi connectivity index (χ2n) is 8.02. The minimum absolute atomic E-state index is 0.0657. The molecule has 1 N–H and O–H groups in total. The highest BCUT2D eigenvalue weighted by Crippen LogP contribution is 2.48. The molecule has 0 bridgehead atoms. The molecule has 9 nitrogen and oxygen atoms in total. The van der Waals surface area contributed by atoms with Gasteiger partial charge in [0, 0.05) is 23.8 Å². The van der Waals surface area contributed by atoms with E-state index in [1.807, 2.05) is 0 Å². The van der Waals surface area contributed by atoms with Crippen LogP contribution in [0.2, 0.25) is 0 Å². The van der Waals surface area contributed by atoms with Crippen LogP contribution < -0.4 is 5.32 Å². The van der Waals surface area contributed by atoms with Crippen molar-refractivity contribution in [1.82, 2.24) is 19.4 Å². The third kappa shape index (κ3) is 3.75. The highest BCUT2D eigenvalue weighted by molar-refractivity contribution is 9.10. The number of pyridine rings is 2. The molecule has 2 amide bonds. The molecule has 3 aromatic rings. The molecule has 10 heteroatoms. The van der Waals surface area contributed by atoms with Gasteiger partial charge < -0.3 is 19.5 Å². The van der Waals surface area contributed by atoms with Crippen LogP contribution >= 0.6 is 15.9 Å². The molecule has 1 saturated heterocycles. The van der Waals surface area contributed by atoms with Gasteiger partial charge in [0.05, 0.1) is 12.7 Å². The number of nitrogens with one attached hydrogen (secondary N) is 1. The first-order valence-electron chi connectivity index (χ1n) is 10.2. The standard InChI is InChI=1S/C22H20BrN5O4/c1-32-22(31)14-7-12-5-6-27(20(12)24-10-14)11-19(29)28-15-8-13(15)9-16(28)21(30)26-18-4-2-3-17(23)25-18/h2-7,10,13,15-16H,8-9,11H2,1H3,(H,25,26,30)/t13-,15-,16+/m1/s1. The lowest BCUT2D eigenvalue weighted by atomic mass is 10.1. The van der Waals surface area contributed by atoms with E-state index in [0.29, 0.717) is 34.0 Å². The molecule has 3 atom stereocenters. The molecule has 2 aliphatic rings. The number of fused-ring (bicyclic) bond motifs is 2. The number of piperidine rings is 1. The Balaban J connectivity index is 1.33. The van der Waals surface area contributed by atoms with Gasteiger partial charge in [0.1, 0.15) is 28.7 Å². The highest BCUT2D eigenvalue weighted by atomic mass is 79.9. The Bertz CT molecular complexity index is 1240. The van der Waals surface area contributed by atoms with Gasteiger partial charge in [0.2, 0.25) is 11.8 Å². The van der Waals surface area contributed by atoms with Crippen molar-refractivity contribution in [3.63, 3.8) is 0 Å². The van der Waals surface area contributed by atoms with Gasteiger partial charge in [-0.2, -0.15) is 0 Å². The number of carbonyl (C=O) groups excluding carboxylic acids is 3. The van der Waals surface area contributed by atoms with Crippen LogP contribution in [0.4, 0.5) is 5.82 Å². The Hall–Kier alpha value is -3.27. The molecule has 0 radical (unpaired) electrons. The molecule has 1 saturated carbocycles. The number of ether oxygens (including phenoxy) is 1. The number of rotatable bonds is 5. The van der Waals surface area contributed by atoms with Gasteiger partial charge in [-0.25, -0.2) is 14.8 Å². The summed E-state index contributed by atoms with van der Waals surface area (Å²) < 4.78 is 7.09. The summed E-state index contributed by atoms with van der Waals surface area (Å²) in [6.07, 6.45) is 4.78. The van der Waals surface area contributed by atoms with E-state index in [9.17, 15) is 14.4 Å². The topological polar surface area (TPSA) is 106 Å². The first-order valence-corrected chi connectivity index (χ1v) is 11.0. The second-order valence-corrected chi connectivity index (χ2v) is 8.83. The largest absolute Gasteiger partial charge is 0.465 e. The van der Waals surface area contributed by atoms with E-state index in [0.717, 1.165) is 11.8 Å². The number of carbonyl (C=O) groups is 3. The lowest BCUT2D eigenvalue weighted by molar-refractivity contribution is -0.138. The summed E-state index contributed by atoms with van der Waals surface area (Å²) in [5.41, 5.74) is 0.944. The van der Waals surface area contributed by atoms with E-state index in [1.165, 1.54) is 13.3 Å². The maximum absolute atomic E-state index is 13.2. The van der Waals surface area contributed by atoms with E-state index in [2.05, 4.69) is 31.2 Å². The fourth-order valence-corrected chi connectivity index (χ4v) is 4.74. The molecular weight excluding hydrogens is 478 g/mol. The van der Waals surface area contributed by atoms with E-state index in [1.54, 1.807) is 46.0 Å². The SMILES string of the molecule is COC(=O)c1cnc2c(ccn2CC(=O)N2[C@@H]3C[C@@H]3C[C@H]2C(=O)Nc2cccc(Br)n2)c1. The predicted octanol–water partition coefficient (Wildman–Crippen LogP) is 2.61. The molecule has 2 fully saturated rings. The number of methoxy groups -OCH3 is 1. The number of anilines is 1. The Morgan fingerprint density at radius 2 is 2.09 bits per heavy atom. The van der Waals surface area contributed by atoms with Gasteiger partial charge >= 0.3 is 5.97 Å². The van der Waals surface area contributed by atoms with Crippen LogP contribution in [0.1, 0.15) is 23.2 Å². The lowest BCUT2D eigenvalue weighted by Crippen LogP contribution is -2.46. The molecule has 164 valence electrons. The minimum Gasteiger partial charge on any atom is -0.465 e. The molecule has 0 spiro atoms. The molecule has 0 aromatic carbocycles. The van der Waals surface area contributed by atoms with Gasteiger partial charge in [-0.15, -0.1) is 0 Å². The quantitative estimate of drug-likeness (QED) is 0.428. The Labute approximate surface area is 191 Å². The smallest absolute Gasteiger partial charge is 0.339 e. The third-order valence-corrected chi connectivity index (χ3v) is 6.43. The van der Waals surface area contributed by atoms with Crippen molar-refractivity contribution >= 4 is 50.6 Å². The molecule has 5 rings (SSSR count). The number of likely N-dealkylation sites (tertiary alicyclic amines) is 1. The van der Waals surface area contributed by atoms with Gasteiger partial charge in [0.25, 0.3) is 0 Å². The number of aromatic nitrogens is 3. The summed E-state index contributed by atoms with van der Waals surface area (Å²) in [6.45, 7) is 0.0657. The zero-order chi connectivity index (χ0) is 22.4. The van der Waals surface area contributed by atoms with E-state index >= 15 is 0 Å². The molecule has 3 aromatic heterocycles. The van der Waals surface area contributed by atoms with Crippen molar-refractivity contribution in [3.8, 4) is 0 Å². The number of halogens is 1. The van der Waals surface area contributed by atoms with Crippen molar-refractivity contribution in [2.75, 3.05) is 12.4 Å². The number of hydrogen-bond acceptors (Lipinski definition) is 6. The van der Waals surface area contributed by atoms with Crippen LogP contribution in [0, 0.1) is 5.92 Å². The van der Waals surface area contributed by atoms with Gasteiger partial charge in [-0.3, -0.25) is 9.59 Å².